The van der Waals surface area contributed by atoms with Crippen molar-refractivity contribution in [2.24, 2.45) is 0 Å². The predicted molar refractivity (Wildman–Crippen MR) is 154 cm³/mol. The Kier molecular flexibility index (Phi) is 5.96. The van der Waals surface area contributed by atoms with E-state index in [1.807, 2.05) is 60.7 Å². The van der Waals surface area contributed by atoms with Gasteiger partial charge in [0, 0.05) is 44.5 Å². The molecule has 0 atom stereocenters. The second-order valence-corrected chi connectivity index (χ2v) is 17.3. The maximum Gasteiger partial charge on any atom is 0.211 e. The minimum atomic E-state index is -2.08. The molecule has 0 radical (unpaired) electrons. The molecule has 0 fully saturated rings. The van der Waals surface area contributed by atoms with E-state index in [9.17, 15) is 0 Å². The highest BCUT2D eigenvalue weighted by Gasteiger charge is 2.17. The number of hydrogen-bond acceptors (Lipinski definition) is 0. The van der Waals surface area contributed by atoms with E-state index in [4.69, 9.17) is 0 Å². The lowest BCUT2D eigenvalue weighted by molar-refractivity contribution is 1.51. The van der Waals surface area contributed by atoms with Gasteiger partial charge in [0.2, 0.25) is 16.1 Å². The van der Waals surface area contributed by atoms with Crippen molar-refractivity contribution in [2.75, 3.05) is 0 Å². The largest absolute Gasteiger partial charge is 0.211 e. The summed E-state index contributed by atoms with van der Waals surface area (Å²) in [7, 11) is -4.16. The van der Waals surface area contributed by atoms with Gasteiger partial charge in [0.05, 0.1) is 0 Å². The zero-order valence-electron chi connectivity index (χ0n) is 20.8. The molecule has 0 aliphatic carbocycles. The van der Waals surface area contributed by atoms with E-state index in [0.717, 1.165) is 44.5 Å². The molecule has 3 aromatic carbocycles. The molecule has 0 bridgehead atoms. The number of rotatable bonds is 0. The molecule has 3 aromatic rings. The highest BCUT2D eigenvalue weighted by Crippen LogP contribution is 2.19. The van der Waals surface area contributed by atoms with Gasteiger partial charge in [0.1, 0.15) is 0 Å². The third-order valence-corrected chi connectivity index (χ3v) is 8.71. The van der Waals surface area contributed by atoms with Crippen LogP contribution < -0.4 is 0 Å². The molecule has 2 heterocycles. The van der Waals surface area contributed by atoms with Gasteiger partial charge in [-0.2, -0.15) is 0 Å². The summed E-state index contributed by atoms with van der Waals surface area (Å²) in [6.07, 6.45) is 0. The molecular weight excluding hydrogens is 465 g/mol. The topological polar surface area (TPSA) is 0 Å². The van der Waals surface area contributed by atoms with Crippen molar-refractivity contribution in [1.82, 2.24) is 0 Å². The summed E-state index contributed by atoms with van der Waals surface area (Å²) in [5, 5.41) is 0. The average Bonchev–Trinajstić information content (AvgIpc) is 2.90. The fourth-order valence-corrected chi connectivity index (χ4v) is 5.56. The SMILES string of the molecule is C[Si]1(C)C#Cc2ccccc2C#Cc2cc3c(cc2C#C1)C#Cc1ccccc1C#C[Si](C)(C)C#C3. The Morgan fingerprint density at radius 2 is 0.611 bits per heavy atom. The first-order valence-electron chi connectivity index (χ1n) is 11.8. The van der Waals surface area contributed by atoms with Crippen molar-refractivity contribution >= 4 is 16.1 Å². The summed E-state index contributed by atoms with van der Waals surface area (Å²) in [6, 6.07) is 20.2. The Morgan fingerprint density at radius 1 is 0.361 bits per heavy atom. The van der Waals surface area contributed by atoms with Gasteiger partial charge in [-0.3, -0.25) is 0 Å². The van der Waals surface area contributed by atoms with Crippen LogP contribution in [0.4, 0.5) is 0 Å². The van der Waals surface area contributed by atoms with Crippen LogP contribution in [0.5, 0.6) is 0 Å². The molecule has 0 nitrogen and oxygen atoms in total. The average molecular weight is 487 g/mol. The van der Waals surface area contributed by atoms with Crippen LogP contribution in [0.3, 0.4) is 0 Å². The first-order valence-corrected chi connectivity index (χ1v) is 17.8. The van der Waals surface area contributed by atoms with Gasteiger partial charge in [-0.15, -0.1) is 22.2 Å². The molecule has 0 unspecified atom stereocenters. The minimum absolute atomic E-state index is 0.861. The van der Waals surface area contributed by atoms with E-state index >= 15 is 0 Å². The molecule has 2 heteroatoms. The van der Waals surface area contributed by atoms with E-state index in [-0.39, 0.29) is 0 Å². The third-order valence-electron chi connectivity index (χ3n) is 5.71. The first kappa shape index (κ1) is 23.2. The Hall–Kier alpha value is -4.55. The fourth-order valence-electron chi connectivity index (χ4n) is 3.64. The molecule has 166 valence electrons. The first-order chi connectivity index (χ1) is 17.3. The molecule has 0 aromatic heterocycles. The summed E-state index contributed by atoms with van der Waals surface area (Å²) in [5.41, 5.74) is 21.1. The van der Waals surface area contributed by atoms with Crippen molar-refractivity contribution < 1.29 is 0 Å². The van der Waals surface area contributed by atoms with Crippen LogP contribution in [-0.2, 0) is 0 Å². The van der Waals surface area contributed by atoms with Crippen LogP contribution in [0.2, 0.25) is 26.2 Å². The normalized spacial score (nSPS) is 14.6. The van der Waals surface area contributed by atoms with Crippen molar-refractivity contribution in [1.29, 1.82) is 0 Å². The van der Waals surface area contributed by atoms with Crippen molar-refractivity contribution in [3.63, 3.8) is 0 Å². The van der Waals surface area contributed by atoms with Gasteiger partial charge in [0.15, 0.2) is 0 Å². The summed E-state index contributed by atoms with van der Waals surface area (Å²) in [5.74, 6) is 26.9. The summed E-state index contributed by atoms with van der Waals surface area (Å²) in [4.78, 5) is 0. The predicted octanol–water partition coefficient (Wildman–Crippen LogP) is 5.49. The number of fused-ring (bicyclic) bond motifs is 4. The van der Waals surface area contributed by atoms with Crippen LogP contribution >= 0.6 is 0 Å². The zero-order valence-corrected chi connectivity index (χ0v) is 22.8. The van der Waals surface area contributed by atoms with Crippen LogP contribution in [0, 0.1) is 69.5 Å². The van der Waals surface area contributed by atoms with Gasteiger partial charge in [-0.1, -0.05) is 71.6 Å². The van der Waals surface area contributed by atoms with E-state index in [2.05, 4.69) is 95.7 Å². The summed E-state index contributed by atoms with van der Waals surface area (Å²) < 4.78 is 0. The van der Waals surface area contributed by atoms with Crippen LogP contribution in [0.25, 0.3) is 0 Å². The molecule has 2 aliphatic rings. The quantitative estimate of drug-likeness (QED) is 0.291. The molecule has 0 amide bonds. The van der Waals surface area contributed by atoms with Gasteiger partial charge in [-0.25, -0.2) is 0 Å². The molecule has 0 spiro atoms. The second-order valence-electron chi connectivity index (χ2n) is 9.78. The molecule has 2 aliphatic heterocycles. The Morgan fingerprint density at radius 3 is 0.972 bits per heavy atom. The third kappa shape index (κ3) is 5.24. The van der Waals surface area contributed by atoms with Gasteiger partial charge in [-0.05, 0) is 62.6 Å². The lowest BCUT2D eigenvalue weighted by atomic mass is 9.98. The Labute approximate surface area is 216 Å². The molecular formula is C34H22Si2. The smallest absolute Gasteiger partial charge is 0.111 e. The minimum Gasteiger partial charge on any atom is -0.111 e. The van der Waals surface area contributed by atoms with E-state index in [1.54, 1.807) is 0 Å². The van der Waals surface area contributed by atoms with Gasteiger partial charge < -0.3 is 0 Å². The monoisotopic (exact) mass is 486 g/mol. The lowest BCUT2D eigenvalue weighted by Gasteiger charge is -2.07. The van der Waals surface area contributed by atoms with Crippen LogP contribution in [0.15, 0.2) is 60.7 Å². The van der Waals surface area contributed by atoms with Gasteiger partial charge in [0.25, 0.3) is 0 Å². The Bertz CT molecular complexity index is 1680. The van der Waals surface area contributed by atoms with Crippen LogP contribution in [-0.4, -0.2) is 16.1 Å². The molecule has 0 saturated carbocycles. The fraction of sp³-hybridized carbons (Fsp3) is 0.118. The summed E-state index contributed by atoms with van der Waals surface area (Å²) >= 11 is 0. The Balaban J connectivity index is 1.78. The number of hydrogen-bond donors (Lipinski definition) is 0. The summed E-state index contributed by atoms with van der Waals surface area (Å²) in [6.45, 7) is 8.70. The van der Waals surface area contributed by atoms with E-state index < -0.39 is 16.1 Å². The van der Waals surface area contributed by atoms with E-state index in [1.165, 1.54) is 0 Å². The molecule has 5 rings (SSSR count). The van der Waals surface area contributed by atoms with Gasteiger partial charge >= 0.3 is 0 Å². The maximum atomic E-state index is 3.49. The van der Waals surface area contributed by atoms with Crippen molar-refractivity contribution in [2.45, 2.75) is 26.2 Å². The number of benzene rings is 3. The lowest BCUT2D eigenvalue weighted by Crippen LogP contribution is -2.21. The van der Waals surface area contributed by atoms with Crippen LogP contribution in [0.1, 0.15) is 44.5 Å². The maximum absolute atomic E-state index is 3.49. The standard InChI is InChI=1S/C34H22Si2/c1-35(2)21-17-29-11-7-5-9-27(29)13-15-31-26-34-20-24-36(3,4)22-18-30-12-8-6-10-28(30)14-16-32(34)25-33(31)19-23-35/h5-12,25-26H,1-4H3. The molecule has 36 heavy (non-hydrogen) atoms. The molecule has 0 N–H and O–H groups in total. The second kappa shape index (κ2) is 9.25. The zero-order chi connectivity index (χ0) is 25.2. The highest BCUT2D eigenvalue weighted by atomic mass is 28.3. The molecule has 0 saturated heterocycles. The van der Waals surface area contributed by atoms with Crippen molar-refractivity contribution in [3.8, 4) is 69.5 Å². The van der Waals surface area contributed by atoms with E-state index in [0.29, 0.717) is 0 Å². The van der Waals surface area contributed by atoms with Crippen molar-refractivity contribution in [3.05, 3.63) is 105 Å². The highest BCUT2D eigenvalue weighted by molar-refractivity contribution is 6.92.